The van der Waals surface area contributed by atoms with Crippen molar-refractivity contribution in [3.63, 3.8) is 0 Å². The Morgan fingerprint density at radius 2 is 2.13 bits per heavy atom. The Morgan fingerprint density at radius 3 is 2.87 bits per heavy atom. The minimum absolute atomic E-state index is 0.207. The molecule has 0 radical (unpaired) electrons. The van der Waals surface area contributed by atoms with Crippen LogP contribution in [0.15, 0.2) is 35.3 Å². The third-order valence-corrected chi connectivity index (χ3v) is 6.10. The quantitative estimate of drug-likeness (QED) is 0.639. The van der Waals surface area contributed by atoms with E-state index in [2.05, 4.69) is 27.1 Å². The minimum atomic E-state index is -0.373. The maximum absolute atomic E-state index is 13.1. The maximum Gasteiger partial charge on any atom is 0.263 e. The first kappa shape index (κ1) is 21.3. The molecule has 1 aliphatic rings. The monoisotopic (exact) mass is 421 g/mol. The number of aryl methyl sites for hydroxylation is 3. The zero-order valence-electron chi connectivity index (χ0n) is 18.6. The summed E-state index contributed by atoms with van der Waals surface area (Å²) in [6.45, 7) is 9.42. The number of fused-ring (bicyclic) bond motifs is 1. The van der Waals surface area contributed by atoms with Gasteiger partial charge in [-0.3, -0.25) is 9.59 Å². The van der Waals surface area contributed by atoms with Gasteiger partial charge in [0, 0.05) is 25.0 Å². The summed E-state index contributed by atoms with van der Waals surface area (Å²) in [5.41, 5.74) is 3.20. The van der Waals surface area contributed by atoms with E-state index >= 15 is 0 Å². The fraction of sp³-hybridized carbons (Fsp3) is 0.458. The summed E-state index contributed by atoms with van der Waals surface area (Å²) in [4.78, 5) is 30.8. The molecule has 1 amide bonds. The molecule has 7 heteroatoms. The van der Waals surface area contributed by atoms with Gasteiger partial charge in [0.05, 0.1) is 11.0 Å². The summed E-state index contributed by atoms with van der Waals surface area (Å²) in [5.74, 6) is 0.996. The molecule has 3 heterocycles. The minimum Gasteiger partial charge on any atom is -0.328 e. The number of pyridine rings is 1. The molecule has 3 aromatic rings. The Hall–Kier alpha value is -2.93. The number of nitrogens with zero attached hydrogens (tertiary/aromatic N) is 3. The van der Waals surface area contributed by atoms with Crippen molar-refractivity contribution >= 4 is 22.6 Å². The van der Waals surface area contributed by atoms with Gasteiger partial charge >= 0.3 is 0 Å². The first-order valence-corrected chi connectivity index (χ1v) is 11.2. The van der Waals surface area contributed by atoms with E-state index in [1.165, 1.54) is 0 Å². The van der Waals surface area contributed by atoms with Gasteiger partial charge in [0.15, 0.2) is 0 Å². The average Bonchev–Trinajstić information content (AvgIpc) is 3.06. The Kier molecular flexibility index (Phi) is 6.23. The van der Waals surface area contributed by atoms with Crippen molar-refractivity contribution in [2.24, 2.45) is 5.92 Å². The van der Waals surface area contributed by atoms with Crippen LogP contribution in [0, 0.1) is 19.8 Å². The molecule has 31 heavy (non-hydrogen) atoms. The predicted octanol–water partition coefficient (Wildman–Crippen LogP) is 3.48. The third-order valence-electron chi connectivity index (χ3n) is 6.10. The fourth-order valence-electron chi connectivity index (χ4n) is 4.47. The van der Waals surface area contributed by atoms with Crippen LogP contribution in [0.1, 0.15) is 47.9 Å². The molecule has 1 atom stereocenters. The van der Waals surface area contributed by atoms with Crippen LogP contribution in [0.25, 0.3) is 11.0 Å². The SMILES string of the molecule is CCCn1c(C)nc2cc(NC(=O)c3c(C)ccn(CC4CCCNC4)c3=O)ccc21. The van der Waals surface area contributed by atoms with Gasteiger partial charge in [0.1, 0.15) is 11.4 Å². The van der Waals surface area contributed by atoms with Crippen LogP contribution >= 0.6 is 0 Å². The molecule has 1 unspecified atom stereocenters. The van der Waals surface area contributed by atoms with Crippen molar-refractivity contribution in [1.82, 2.24) is 19.4 Å². The number of aromatic nitrogens is 3. The van der Waals surface area contributed by atoms with Gasteiger partial charge in [0.2, 0.25) is 0 Å². The number of hydrogen-bond acceptors (Lipinski definition) is 4. The van der Waals surface area contributed by atoms with Crippen LogP contribution in [0.5, 0.6) is 0 Å². The van der Waals surface area contributed by atoms with Crippen LogP contribution in [0.3, 0.4) is 0 Å². The highest BCUT2D eigenvalue weighted by molar-refractivity contribution is 6.05. The van der Waals surface area contributed by atoms with Crippen molar-refractivity contribution in [2.75, 3.05) is 18.4 Å². The van der Waals surface area contributed by atoms with E-state index in [1.807, 2.05) is 38.1 Å². The highest BCUT2D eigenvalue weighted by atomic mass is 16.2. The molecule has 2 N–H and O–H groups in total. The van der Waals surface area contributed by atoms with Crippen molar-refractivity contribution in [1.29, 1.82) is 0 Å². The zero-order valence-corrected chi connectivity index (χ0v) is 18.6. The summed E-state index contributed by atoms with van der Waals surface area (Å²) in [7, 11) is 0. The van der Waals surface area contributed by atoms with E-state index in [9.17, 15) is 9.59 Å². The number of imidazole rings is 1. The summed E-state index contributed by atoms with van der Waals surface area (Å²) in [6, 6.07) is 7.58. The number of rotatable bonds is 6. The lowest BCUT2D eigenvalue weighted by molar-refractivity contribution is 0.102. The number of amides is 1. The van der Waals surface area contributed by atoms with Gasteiger partial charge in [-0.25, -0.2) is 4.98 Å². The number of nitrogens with one attached hydrogen (secondary N) is 2. The van der Waals surface area contributed by atoms with Crippen molar-refractivity contribution in [3.05, 3.63) is 57.8 Å². The molecule has 1 aromatic carbocycles. The lowest BCUT2D eigenvalue weighted by atomic mass is 9.99. The molecular weight excluding hydrogens is 390 g/mol. The summed E-state index contributed by atoms with van der Waals surface area (Å²) >= 11 is 0. The largest absolute Gasteiger partial charge is 0.328 e. The van der Waals surface area contributed by atoms with E-state index in [0.717, 1.165) is 55.8 Å². The lowest BCUT2D eigenvalue weighted by Crippen LogP contribution is -2.36. The number of piperidine rings is 1. The Bertz CT molecular complexity index is 1150. The lowest BCUT2D eigenvalue weighted by Gasteiger charge is -2.23. The Balaban J connectivity index is 1.58. The van der Waals surface area contributed by atoms with E-state index in [4.69, 9.17) is 0 Å². The van der Waals surface area contributed by atoms with Gasteiger partial charge < -0.3 is 19.8 Å². The molecule has 2 aromatic heterocycles. The first-order chi connectivity index (χ1) is 15.0. The second-order valence-corrected chi connectivity index (χ2v) is 8.51. The maximum atomic E-state index is 13.1. The zero-order chi connectivity index (χ0) is 22.0. The number of anilines is 1. The normalized spacial score (nSPS) is 16.5. The number of hydrogen-bond donors (Lipinski definition) is 2. The molecule has 1 fully saturated rings. The molecule has 1 aliphatic heterocycles. The van der Waals surface area contributed by atoms with E-state index in [-0.39, 0.29) is 17.0 Å². The van der Waals surface area contributed by atoms with E-state index < -0.39 is 0 Å². The van der Waals surface area contributed by atoms with Gasteiger partial charge in [-0.2, -0.15) is 0 Å². The number of benzene rings is 1. The van der Waals surface area contributed by atoms with Crippen LogP contribution in [0.2, 0.25) is 0 Å². The van der Waals surface area contributed by atoms with Crippen LogP contribution in [0.4, 0.5) is 5.69 Å². The van der Waals surface area contributed by atoms with Gasteiger partial charge in [-0.1, -0.05) is 6.92 Å². The van der Waals surface area contributed by atoms with Crippen molar-refractivity contribution in [3.8, 4) is 0 Å². The molecule has 0 bridgehead atoms. The molecule has 164 valence electrons. The first-order valence-electron chi connectivity index (χ1n) is 11.2. The average molecular weight is 422 g/mol. The number of carbonyl (C=O) groups excluding carboxylic acids is 1. The van der Waals surface area contributed by atoms with Crippen LogP contribution < -0.4 is 16.2 Å². The standard InChI is InChI=1S/C24H31N5O2/c1-4-11-29-17(3)26-20-13-19(7-8-21(20)29)27-23(30)22-16(2)9-12-28(24(22)31)15-18-6-5-10-25-14-18/h7-9,12-13,18,25H,4-6,10-11,14-15H2,1-3H3,(H,27,30). The second-order valence-electron chi connectivity index (χ2n) is 8.51. The third kappa shape index (κ3) is 4.42. The van der Waals surface area contributed by atoms with Gasteiger partial charge in [0.25, 0.3) is 11.5 Å². The molecule has 0 spiro atoms. The summed E-state index contributed by atoms with van der Waals surface area (Å²) in [5, 5.41) is 6.29. The molecule has 0 aliphatic carbocycles. The van der Waals surface area contributed by atoms with Crippen LogP contribution in [-0.2, 0) is 13.1 Å². The van der Waals surface area contributed by atoms with E-state index in [1.54, 1.807) is 10.8 Å². The smallest absolute Gasteiger partial charge is 0.263 e. The Morgan fingerprint density at radius 1 is 1.29 bits per heavy atom. The molecule has 0 saturated carbocycles. The van der Waals surface area contributed by atoms with Crippen LogP contribution in [-0.4, -0.2) is 33.1 Å². The highest BCUT2D eigenvalue weighted by Gasteiger charge is 2.19. The summed E-state index contributed by atoms with van der Waals surface area (Å²) in [6.07, 6.45) is 5.05. The van der Waals surface area contributed by atoms with Gasteiger partial charge in [-0.05, 0) is 81.9 Å². The number of carbonyl (C=O) groups is 1. The molecule has 1 saturated heterocycles. The molecule has 4 rings (SSSR count). The second kappa shape index (κ2) is 9.06. The molecule has 7 nitrogen and oxygen atoms in total. The fourth-order valence-corrected chi connectivity index (χ4v) is 4.47. The van der Waals surface area contributed by atoms with E-state index in [0.29, 0.717) is 23.7 Å². The van der Waals surface area contributed by atoms with Crippen molar-refractivity contribution in [2.45, 2.75) is 53.1 Å². The predicted molar refractivity (Wildman–Crippen MR) is 124 cm³/mol. The summed E-state index contributed by atoms with van der Waals surface area (Å²) < 4.78 is 3.86. The highest BCUT2D eigenvalue weighted by Crippen LogP contribution is 2.21. The Labute approximate surface area is 182 Å². The van der Waals surface area contributed by atoms with Gasteiger partial charge in [-0.15, -0.1) is 0 Å². The topological polar surface area (TPSA) is 81.0 Å². The molecular formula is C24H31N5O2. The van der Waals surface area contributed by atoms with Crippen molar-refractivity contribution < 1.29 is 4.79 Å².